The quantitative estimate of drug-likeness (QED) is 0.627. The van der Waals surface area contributed by atoms with E-state index < -0.39 is 0 Å². The number of hydrogen-bond donors (Lipinski definition) is 0. The van der Waals surface area contributed by atoms with Gasteiger partial charge in [0.15, 0.2) is 0 Å². The lowest BCUT2D eigenvalue weighted by molar-refractivity contribution is -0.128. The Morgan fingerprint density at radius 2 is 1.91 bits per heavy atom. The van der Waals surface area contributed by atoms with Gasteiger partial charge in [0.25, 0.3) is 5.91 Å². The molecule has 0 unspecified atom stereocenters. The third kappa shape index (κ3) is 3.86. The standard InChI is InChI=1S/C17H22N4O/c1-3-20(16-7-5-4-6-8-16)14-15(13-18)17(22)21-11-9-19(2)10-12-21/h4-8,14H,3,9-12H2,1-2H3/b15-14-. The fourth-order valence-corrected chi connectivity index (χ4v) is 2.44. The molecule has 2 rings (SSSR count). The summed E-state index contributed by atoms with van der Waals surface area (Å²) in [5, 5.41) is 9.37. The number of nitrogens with zero attached hydrogens (tertiary/aromatic N) is 4. The predicted octanol–water partition coefficient (Wildman–Crippen LogP) is 1.69. The van der Waals surface area contributed by atoms with Crippen LogP contribution in [-0.4, -0.2) is 55.5 Å². The van der Waals surface area contributed by atoms with Gasteiger partial charge in [-0.1, -0.05) is 18.2 Å². The molecule has 1 fully saturated rings. The molecule has 0 saturated carbocycles. The Balaban J connectivity index is 2.15. The molecule has 0 aliphatic carbocycles. The molecule has 1 aromatic carbocycles. The Morgan fingerprint density at radius 3 is 2.45 bits per heavy atom. The van der Waals surface area contributed by atoms with E-state index in [1.54, 1.807) is 11.1 Å². The van der Waals surface area contributed by atoms with E-state index in [0.29, 0.717) is 19.6 Å². The maximum absolute atomic E-state index is 12.5. The van der Waals surface area contributed by atoms with Crippen LogP contribution in [0.1, 0.15) is 6.92 Å². The number of nitriles is 1. The molecule has 0 spiro atoms. The van der Waals surface area contributed by atoms with E-state index in [9.17, 15) is 10.1 Å². The van der Waals surface area contributed by atoms with Crippen molar-refractivity contribution in [3.63, 3.8) is 0 Å². The second kappa shape index (κ2) is 7.62. The monoisotopic (exact) mass is 298 g/mol. The summed E-state index contributed by atoms with van der Waals surface area (Å²) < 4.78 is 0. The minimum atomic E-state index is -0.176. The van der Waals surface area contributed by atoms with E-state index >= 15 is 0 Å². The first kappa shape index (κ1) is 16.1. The van der Waals surface area contributed by atoms with Gasteiger partial charge in [0.2, 0.25) is 0 Å². The third-order valence-electron chi connectivity index (χ3n) is 3.85. The molecule has 1 aromatic rings. The van der Waals surface area contributed by atoms with Crippen molar-refractivity contribution in [2.24, 2.45) is 0 Å². The highest BCUT2D eigenvalue weighted by Crippen LogP contribution is 2.15. The molecule has 1 aliphatic rings. The van der Waals surface area contributed by atoms with Crippen molar-refractivity contribution in [3.8, 4) is 6.07 Å². The number of carbonyl (C=O) groups excluding carboxylic acids is 1. The Labute approximate surface area is 132 Å². The minimum absolute atomic E-state index is 0.176. The molecule has 0 radical (unpaired) electrons. The second-order valence-electron chi connectivity index (χ2n) is 5.37. The number of anilines is 1. The van der Waals surface area contributed by atoms with Crippen LogP contribution in [0.4, 0.5) is 5.69 Å². The molecule has 1 saturated heterocycles. The maximum atomic E-state index is 12.5. The van der Waals surface area contributed by atoms with Gasteiger partial charge < -0.3 is 14.7 Å². The number of carbonyl (C=O) groups is 1. The number of amides is 1. The van der Waals surface area contributed by atoms with Gasteiger partial charge in [0.05, 0.1) is 0 Å². The predicted molar refractivity (Wildman–Crippen MR) is 87.2 cm³/mol. The second-order valence-corrected chi connectivity index (χ2v) is 5.37. The summed E-state index contributed by atoms with van der Waals surface area (Å²) in [6, 6.07) is 11.8. The molecule has 1 amide bonds. The van der Waals surface area contributed by atoms with Crippen LogP contribution in [0.15, 0.2) is 42.1 Å². The van der Waals surface area contributed by atoms with Crippen molar-refractivity contribution < 1.29 is 4.79 Å². The van der Waals surface area contributed by atoms with E-state index in [-0.39, 0.29) is 11.5 Å². The van der Waals surface area contributed by atoms with Crippen molar-refractivity contribution >= 4 is 11.6 Å². The van der Waals surface area contributed by atoms with Crippen molar-refractivity contribution in [1.82, 2.24) is 9.80 Å². The van der Waals surface area contributed by atoms with Gasteiger partial charge in [0.1, 0.15) is 11.6 Å². The van der Waals surface area contributed by atoms with E-state index in [2.05, 4.69) is 11.0 Å². The number of likely N-dealkylation sites (N-methyl/N-ethyl adjacent to an activating group) is 1. The highest BCUT2D eigenvalue weighted by molar-refractivity contribution is 5.97. The van der Waals surface area contributed by atoms with Gasteiger partial charge in [-0.15, -0.1) is 0 Å². The topological polar surface area (TPSA) is 50.6 Å². The van der Waals surface area contributed by atoms with Crippen molar-refractivity contribution in [3.05, 3.63) is 42.1 Å². The van der Waals surface area contributed by atoms with Crippen LogP contribution < -0.4 is 4.90 Å². The normalized spacial score (nSPS) is 16.2. The van der Waals surface area contributed by atoms with Crippen LogP contribution in [0, 0.1) is 11.3 Å². The van der Waals surface area contributed by atoms with Crippen LogP contribution in [-0.2, 0) is 4.79 Å². The molecular weight excluding hydrogens is 276 g/mol. The average Bonchev–Trinajstić information content (AvgIpc) is 2.57. The summed E-state index contributed by atoms with van der Waals surface area (Å²) in [5.41, 5.74) is 1.17. The summed E-state index contributed by atoms with van der Waals surface area (Å²) in [7, 11) is 2.04. The zero-order valence-electron chi connectivity index (χ0n) is 13.2. The average molecular weight is 298 g/mol. The Hall–Kier alpha value is -2.32. The summed E-state index contributed by atoms with van der Waals surface area (Å²) in [6.45, 7) is 5.74. The van der Waals surface area contributed by atoms with E-state index in [1.807, 2.05) is 49.2 Å². The maximum Gasteiger partial charge on any atom is 0.266 e. The van der Waals surface area contributed by atoms with Gasteiger partial charge in [-0.05, 0) is 26.1 Å². The third-order valence-corrected chi connectivity index (χ3v) is 3.85. The molecule has 0 bridgehead atoms. The zero-order valence-corrected chi connectivity index (χ0v) is 13.2. The fourth-order valence-electron chi connectivity index (χ4n) is 2.44. The van der Waals surface area contributed by atoms with Gasteiger partial charge in [0, 0.05) is 44.6 Å². The Kier molecular flexibility index (Phi) is 5.56. The highest BCUT2D eigenvalue weighted by Gasteiger charge is 2.22. The lowest BCUT2D eigenvalue weighted by atomic mass is 10.2. The number of hydrogen-bond acceptors (Lipinski definition) is 4. The summed E-state index contributed by atoms with van der Waals surface area (Å²) in [6.07, 6.45) is 1.66. The first-order chi connectivity index (χ1) is 10.7. The number of piperazine rings is 1. The molecule has 5 heteroatoms. The molecule has 1 heterocycles. The smallest absolute Gasteiger partial charge is 0.266 e. The van der Waals surface area contributed by atoms with E-state index in [4.69, 9.17) is 0 Å². The van der Waals surface area contributed by atoms with Gasteiger partial charge in [-0.2, -0.15) is 5.26 Å². The molecule has 0 aromatic heterocycles. The molecule has 116 valence electrons. The van der Waals surface area contributed by atoms with Crippen LogP contribution >= 0.6 is 0 Å². The van der Waals surface area contributed by atoms with Gasteiger partial charge in [-0.3, -0.25) is 4.79 Å². The van der Waals surface area contributed by atoms with Crippen LogP contribution in [0.3, 0.4) is 0 Å². The van der Waals surface area contributed by atoms with Crippen LogP contribution in [0.2, 0.25) is 0 Å². The minimum Gasteiger partial charge on any atom is -0.347 e. The number of rotatable bonds is 4. The Morgan fingerprint density at radius 1 is 1.27 bits per heavy atom. The number of benzene rings is 1. The van der Waals surface area contributed by atoms with E-state index in [1.165, 1.54) is 0 Å². The summed E-state index contributed by atoms with van der Waals surface area (Å²) in [5.74, 6) is -0.176. The SMILES string of the molecule is CCN(/C=C(/C#N)C(=O)N1CCN(C)CC1)c1ccccc1. The lowest BCUT2D eigenvalue weighted by Gasteiger charge is -2.32. The fraction of sp³-hybridized carbons (Fsp3) is 0.412. The van der Waals surface area contributed by atoms with Gasteiger partial charge in [-0.25, -0.2) is 0 Å². The summed E-state index contributed by atoms with van der Waals surface area (Å²) in [4.78, 5) is 18.4. The zero-order chi connectivity index (χ0) is 15.9. The highest BCUT2D eigenvalue weighted by atomic mass is 16.2. The Bertz CT molecular complexity index is 568. The molecule has 5 nitrogen and oxygen atoms in total. The van der Waals surface area contributed by atoms with Crippen molar-refractivity contribution in [2.75, 3.05) is 44.7 Å². The lowest BCUT2D eigenvalue weighted by Crippen LogP contribution is -2.47. The molecule has 0 atom stereocenters. The summed E-state index contributed by atoms with van der Waals surface area (Å²) >= 11 is 0. The van der Waals surface area contributed by atoms with Crippen LogP contribution in [0.5, 0.6) is 0 Å². The first-order valence-corrected chi connectivity index (χ1v) is 7.57. The molecule has 22 heavy (non-hydrogen) atoms. The largest absolute Gasteiger partial charge is 0.347 e. The van der Waals surface area contributed by atoms with Crippen LogP contribution in [0.25, 0.3) is 0 Å². The first-order valence-electron chi connectivity index (χ1n) is 7.57. The van der Waals surface area contributed by atoms with E-state index in [0.717, 1.165) is 18.8 Å². The number of para-hydroxylation sites is 1. The van der Waals surface area contributed by atoms with Gasteiger partial charge >= 0.3 is 0 Å². The molecule has 0 N–H and O–H groups in total. The molecular formula is C17H22N4O. The van der Waals surface area contributed by atoms with Crippen molar-refractivity contribution in [1.29, 1.82) is 5.26 Å². The molecule has 1 aliphatic heterocycles. The van der Waals surface area contributed by atoms with Crippen molar-refractivity contribution in [2.45, 2.75) is 6.92 Å².